The van der Waals surface area contributed by atoms with E-state index in [0.29, 0.717) is 31.7 Å². The average molecular weight is 368 g/mol. The number of fused-ring (bicyclic) bond motifs is 1. The summed E-state index contributed by atoms with van der Waals surface area (Å²) >= 11 is 0. The normalized spacial score (nSPS) is 15.9. The molecule has 2 heterocycles. The summed E-state index contributed by atoms with van der Waals surface area (Å²) in [5, 5.41) is 3.14. The van der Waals surface area contributed by atoms with E-state index in [1.54, 1.807) is 11.9 Å². The van der Waals surface area contributed by atoms with Crippen molar-refractivity contribution in [2.45, 2.75) is 4.90 Å². The van der Waals surface area contributed by atoms with Gasteiger partial charge >= 0.3 is 5.76 Å². The number of carbonyl (C=O) groups is 1. The Hall–Kier alpha value is -2.17. The first-order valence-electron chi connectivity index (χ1n) is 7.85. The van der Waals surface area contributed by atoms with Crippen molar-refractivity contribution in [2.75, 3.05) is 39.8 Å². The van der Waals surface area contributed by atoms with Crippen LogP contribution in [0, 0.1) is 0 Å². The molecule has 1 aromatic heterocycles. The molecule has 1 fully saturated rings. The summed E-state index contributed by atoms with van der Waals surface area (Å²) in [6, 6.07) is 4.22. The molecular formula is C15H20N4O5S. The molecule has 1 amide bonds. The number of benzene rings is 1. The molecule has 0 saturated carbocycles. The largest absolute Gasteiger partial charge is 0.419 e. The first kappa shape index (κ1) is 17.6. The number of aromatic nitrogens is 1. The number of amides is 1. The topological polar surface area (TPSA) is 105 Å². The fraction of sp³-hybridized carbons (Fsp3) is 0.467. The highest BCUT2D eigenvalue weighted by atomic mass is 32.2. The lowest BCUT2D eigenvalue weighted by atomic mass is 10.3. The van der Waals surface area contributed by atoms with Crippen molar-refractivity contribution in [2.24, 2.45) is 7.05 Å². The molecule has 9 nitrogen and oxygen atoms in total. The van der Waals surface area contributed by atoms with Crippen molar-refractivity contribution in [1.82, 2.24) is 19.1 Å². The fourth-order valence-corrected chi connectivity index (χ4v) is 3.88. The first-order chi connectivity index (χ1) is 11.8. The number of oxazole rings is 1. The minimum atomic E-state index is -3.87. The van der Waals surface area contributed by atoms with Gasteiger partial charge in [-0.25, -0.2) is 13.2 Å². The van der Waals surface area contributed by atoms with Crippen LogP contribution in [0.3, 0.4) is 0 Å². The van der Waals surface area contributed by atoms with E-state index in [4.69, 9.17) is 4.42 Å². The van der Waals surface area contributed by atoms with Crippen LogP contribution in [0.1, 0.15) is 0 Å². The van der Waals surface area contributed by atoms with E-state index in [1.807, 2.05) is 0 Å². The van der Waals surface area contributed by atoms with Gasteiger partial charge in [0, 0.05) is 46.3 Å². The second-order valence-corrected chi connectivity index (χ2v) is 7.99. The molecule has 2 aromatic rings. The highest BCUT2D eigenvalue weighted by Crippen LogP contribution is 2.20. The second-order valence-electron chi connectivity index (χ2n) is 5.95. The standard InChI is InChI=1S/C15H20N4O5S/c1-17(10-14(20)19-7-5-16-6-8-19)25(22,23)11-3-4-12-13(9-11)24-15(21)18(12)2/h3-4,9,16H,5-8,10H2,1-2H3. The van der Waals surface area contributed by atoms with E-state index in [1.165, 1.54) is 29.8 Å². The van der Waals surface area contributed by atoms with Crippen LogP contribution in [0.5, 0.6) is 0 Å². The summed E-state index contributed by atoms with van der Waals surface area (Å²) in [5.74, 6) is -0.799. The number of rotatable bonds is 4. The molecule has 0 bridgehead atoms. The van der Waals surface area contributed by atoms with Gasteiger partial charge in [-0.05, 0) is 12.1 Å². The lowest BCUT2D eigenvalue weighted by Gasteiger charge is -2.29. The number of aryl methyl sites for hydroxylation is 1. The maximum Gasteiger partial charge on any atom is 0.419 e. The van der Waals surface area contributed by atoms with Crippen LogP contribution in [0.2, 0.25) is 0 Å². The third-order valence-electron chi connectivity index (χ3n) is 4.30. The second kappa shape index (κ2) is 6.62. The summed E-state index contributed by atoms with van der Waals surface area (Å²) in [7, 11) is -0.965. The minimum absolute atomic E-state index is 0.0232. The van der Waals surface area contributed by atoms with E-state index >= 15 is 0 Å². The maximum atomic E-state index is 12.7. The molecule has 3 rings (SSSR count). The predicted octanol–water partition coefficient (Wildman–Crippen LogP) is -0.816. The van der Waals surface area contributed by atoms with Crippen molar-refractivity contribution in [3.05, 3.63) is 28.7 Å². The highest BCUT2D eigenvalue weighted by Gasteiger charge is 2.26. The number of carbonyl (C=O) groups excluding carboxylic acids is 1. The van der Waals surface area contributed by atoms with E-state index < -0.39 is 15.8 Å². The summed E-state index contributed by atoms with van der Waals surface area (Å²) in [5.41, 5.74) is 0.693. The molecule has 10 heteroatoms. The van der Waals surface area contributed by atoms with E-state index in [-0.39, 0.29) is 22.9 Å². The van der Waals surface area contributed by atoms with Crippen molar-refractivity contribution in [1.29, 1.82) is 0 Å². The number of sulfonamides is 1. The van der Waals surface area contributed by atoms with Crippen molar-refractivity contribution in [3.63, 3.8) is 0 Å². The molecule has 0 aliphatic carbocycles. The van der Waals surface area contributed by atoms with Gasteiger partial charge in [0.05, 0.1) is 17.0 Å². The molecule has 0 unspecified atom stereocenters. The van der Waals surface area contributed by atoms with Crippen LogP contribution in [-0.2, 0) is 21.9 Å². The summed E-state index contributed by atoms with van der Waals surface area (Å²) in [6.45, 7) is 2.29. The SMILES string of the molecule is CN(CC(=O)N1CCNCC1)S(=O)(=O)c1ccc2c(c1)oc(=O)n2C. The van der Waals surface area contributed by atoms with Crippen LogP contribution in [0.15, 0.2) is 32.3 Å². The van der Waals surface area contributed by atoms with Gasteiger partial charge in [-0.15, -0.1) is 0 Å². The summed E-state index contributed by atoms with van der Waals surface area (Å²) in [4.78, 5) is 25.4. The van der Waals surface area contributed by atoms with E-state index in [2.05, 4.69) is 5.32 Å². The van der Waals surface area contributed by atoms with Gasteiger partial charge in [0.1, 0.15) is 0 Å². The molecule has 0 spiro atoms. The Bertz CT molecular complexity index is 956. The third-order valence-corrected chi connectivity index (χ3v) is 6.10. The van der Waals surface area contributed by atoms with Gasteiger partial charge < -0.3 is 14.6 Å². The predicted molar refractivity (Wildman–Crippen MR) is 90.7 cm³/mol. The van der Waals surface area contributed by atoms with Gasteiger partial charge in [0.2, 0.25) is 15.9 Å². The minimum Gasteiger partial charge on any atom is -0.408 e. The molecule has 25 heavy (non-hydrogen) atoms. The Morgan fingerprint density at radius 3 is 2.68 bits per heavy atom. The zero-order chi connectivity index (χ0) is 18.2. The van der Waals surface area contributed by atoms with Crippen LogP contribution in [-0.4, -0.2) is 67.9 Å². The number of hydrogen-bond donors (Lipinski definition) is 1. The molecule has 1 N–H and O–H groups in total. The molecule has 0 radical (unpaired) electrons. The molecule has 0 atom stereocenters. The van der Waals surface area contributed by atoms with Gasteiger partial charge in [-0.3, -0.25) is 9.36 Å². The van der Waals surface area contributed by atoms with Gasteiger partial charge in [0.25, 0.3) is 0 Å². The lowest BCUT2D eigenvalue weighted by Crippen LogP contribution is -2.49. The Morgan fingerprint density at radius 1 is 1.32 bits per heavy atom. The summed E-state index contributed by atoms with van der Waals surface area (Å²) in [6.07, 6.45) is 0. The van der Waals surface area contributed by atoms with Crippen molar-refractivity contribution < 1.29 is 17.6 Å². The number of piperazine rings is 1. The number of hydrogen-bond acceptors (Lipinski definition) is 6. The van der Waals surface area contributed by atoms with Crippen molar-refractivity contribution in [3.8, 4) is 0 Å². The van der Waals surface area contributed by atoms with Crippen LogP contribution in [0.25, 0.3) is 11.1 Å². The number of likely N-dealkylation sites (N-methyl/N-ethyl adjacent to an activating group) is 1. The Labute approximate surface area is 144 Å². The molecule has 1 saturated heterocycles. The quantitative estimate of drug-likeness (QED) is 0.756. The average Bonchev–Trinajstić information content (AvgIpc) is 2.89. The zero-order valence-electron chi connectivity index (χ0n) is 14.1. The molecule has 1 aliphatic heterocycles. The third kappa shape index (κ3) is 3.32. The summed E-state index contributed by atoms with van der Waals surface area (Å²) < 4.78 is 32.7. The van der Waals surface area contributed by atoms with Gasteiger partial charge in [-0.2, -0.15) is 4.31 Å². The Kier molecular flexibility index (Phi) is 4.67. The smallest absolute Gasteiger partial charge is 0.408 e. The van der Waals surface area contributed by atoms with Crippen molar-refractivity contribution >= 4 is 27.0 Å². The Balaban J connectivity index is 1.82. The molecule has 1 aromatic carbocycles. The van der Waals surface area contributed by atoms with E-state index in [9.17, 15) is 18.0 Å². The molecule has 136 valence electrons. The Morgan fingerprint density at radius 2 is 2.00 bits per heavy atom. The van der Waals surface area contributed by atoms with Gasteiger partial charge in [-0.1, -0.05) is 0 Å². The van der Waals surface area contributed by atoms with Crippen LogP contribution < -0.4 is 11.1 Å². The fourth-order valence-electron chi connectivity index (χ4n) is 2.74. The van der Waals surface area contributed by atoms with Crippen LogP contribution >= 0.6 is 0 Å². The number of nitrogens with one attached hydrogen (secondary N) is 1. The molecule has 1 aliphatic rings. The zero-order valence-corrected chi connectivity index (χ0v) is 14.9. The van der Waals surface area contributed by atoms with Gasteiger partial charge in [0.15, 0.2) is 5.58 Å². The maximum absolute atomic E-state index is 12.7. The van der Waals surface area contributed by atoms with E-state index in [0.717, 1.165) is 4.31 Å². The van der Waals surface area contributed by atoms with Crippen LogP contribution in [0.4, 0.5) is 0 Å². The first-order valence-corrected chi connectivity index (χ1v) is 9.29. The molecular weight excluding hydrogens is 348 g/mol. The lowest BCUT2D eigenvalue weighted by molar-refractivity contribution is -0.131. The monoisotopic (exact) mass is 368 g/mol. The highest BCUT2D eigenvalue weighted by molar-refractivity contribution is 7.89. The number of nitrogens with zero attached hydrogens (tertiary/aromatic N) is 3.